The van der Waals surface area contributed by atoms with E-state index in [0.717, 1.165) is 0 Å². The van der Waals surface area contributed by atoms with Crippen LogP contribution in [0.1, 0.15) is 20.3 Å². The number of nitrogens with zero attached hydrogens (tertiary/aromatic N) is 1. The zero-order valence-corrected chi connectivity index (χ0v) is 13.2. The fourth-order valence-corrected chi connectivity index (χ4v) is 3.80. The summed E-state index contributed by atoms with van der Waals surface area (Å²) >= 11 is 0. The van der Waals surface area contributed by atoms with Crippen molar-refractivity contribution in [3.05, 3.63) is 24.3 Å². The summed E-state index contributed by atoms with van der Waals surface area (Å²) in [6.45, 7) is 4.65. The average Bonchev–Trinajstić information content (AvgIpc) is 2.38. The first-order valence-electron chi connectivity index (χ1n) is 6.75. The molecule has 0 saturated carbocycles. The van der Waals surface area contributed by atoms with Gasteiger partial charge in [0.2, 0.25) is 10.0 Å². The molecule has 20 heavy (non-hydrogen) atoms. The zero-order valence-electron chi connectivity index (χ0n) is 12.4. The van der Waals surface area contributed by atoms with Gasteiger partial charge in [0, 0.05) is 6.54 Å². The van der Waals surface area contributed by atoms with Gasteiger partial charge in [0.25, 0.3) is 0 Å². The first-order valence-corrected chi connectivity index (χ1v) is 8.36. The molecule has 2 N–H and O–H groups in total. The molecule has 114 valence electrons. The smallest absolute Gasteiger partial charge is 0.235 e. The molecule has 0 saturated heterocycles. The van der Waals surface area contributed by atoms with E-state index < -0.39 is 10.0 Å². The number of sulfonamides is 1. The molecular formula is C14H24N2O3S. The lowest BCUT2D eigenvalue weighted by molar-refractivity contribution is 0.415. The Balaban J connectivity index is 3.04. The molecule has 0 aromatic heterocycles. The highest BCUT2D eigenvalue weighted by Crippen LogP contribution is 2.23. The van der Waals surface area contributed by atoms with Gasteiger partial charge in [-0.3, -0.25) is 4.31 Å². The molecule has 1 aromatic rings. The van der Waals surface area contributed by atoms with Gasteiger partial charge in [0.1, 0.15) is 5.75 Å². The van der Waals surface area contributed by atoms with Crippen molar-refractivity contribution in [2.75, 3.05) is 30.3 Å². The summed E-state index contributed by atoms with van der Waals surface area (Å²) in [6.07, 6.45) is 0.628. The largest absolute Gasteiger partial charge is 0.497 e. The van der Waals surface area contributed by atoms with Gasteiger partial charge in [-0.1, -0.05) is 13.8 Å². The van der Waals surface area contributed by atoms with Crippen molar-refractivity contribution < 1.29 is 13.2 Å². The maximum absolute atomic E-state index is 12.5. The summed E-state index contributed by atoms with van der Waals surface area (Å²) in [5, 5.41) is 0. The van der Waals surface area contributed by atoms with Crippen LogP contribution in [-0.4, -0.2) is 34.4 Å². The van der Waals surface area contributed by atoms with Gasteiger partial charge in [-0.25, -0.2) is 8.42 Å². The van der Waals surface area contributed by atoms with Crippen LogP contribution >= 0.6 is 0 Å². The number of methoxy groups -OCH3 is 1. The van der Waals surface area contributed by atoms with E-state index in [0.29, 0.717) is 30.9 Å². The van der Waals surface area contributed by atoms with E-state index in [2.05, 4.69) is 0 Å². The van der Waals surface area contributed by atoms with Crippen molar-refractivity contribution in [2.24, 2.45) is 11.7 Å². The van der Waals surface area contributed by atoms with E-state index in [9.17, 15) is 8.42 Å². The molecule has 0 radical (unpaired) electrons. The lowest BCUT2D eigenvalue weighted by atomic mass is 10.3. The lowest BCUT2D eigenvalue weighted by Crippen LogP contribution is -2.36. The molecule has 5 nitrogen and oxygen atoms in total. The molecule has 6 heteroatoms. The number of ether oxygens (including phenoxy) is 1. The van der Waals surface area contributed by atoms with Crippen LogP contribution < -0.4 is 14.8 Å². The Kier molecular flexibility index (Phi) is 6.29. The molecule has 0 aliphatic carbocycles. The van der Waals surface area contributed by atoms with Crippen molar-refractivity contribution in [1.29, 1.82) is 0 Å². The number of anilines is 1. The van der Waals surface area contributed by atoms with Crippen LogP contribution in [0.15, 0.2) is 24.3 Å². The standard InChI is InChI=1S/C14H24N2O3S/c1-12(2)11-20(17,18)16(10-4-9-15)13-5-7-14(19-3)8-6-13/h5-8,12H,4,9-11,15H2,1-3H3. The fraction of sp³-hybridized carbons (Fsp3) is 0.571. The molecule has 0 aliphatic heterocycles. The van der Waals surface area contributed by atoms with Gasteiger partial charge in [-0.15, -0.1) is 0 Å². The topological polar surface area (TPSA) is 72.6 Å². The van der Waals surface area contributed by atoms with Gasteiger partial charge < -0.3 is 10.5 Å². The summed E-state index contributed by atoms with van der Waals surface area (Å²) in [4.78, 5) is 0. The van der Waals surface area contributed by atoms with Crippen LogP contribution in [0.5, 0.6) is 5.75 Å². The lowest BCUT2D eigenvalue weighted by Gasteiger charge is -2.25. The predicted octanol–water partition coefficient (Wildman–Crippen LogP) is 1.84. The molecule has 0 bridgehead atoms. The van der Waals surface area contributed by atoms with Gasteiger partial charge in [0.05, 0.1) is 18.6 Å². The number of benzene rings is 1. The van der Waals surface area contributed by atoms with Crippen LogP contribution in [-0.2, 0) is 10.0 Å². The Morgan fingerprint density at radius 1 is 1.25 bits per heavy atom. The third-order valence-electron chi connectivity index (χ3n) is 2.81. The molecule has 1 aromatic carbocycles. The minimum absolute atomic E-state index is 0.0821. The molecular weight excluding hydrogens is 276 g/mol. The SMILES string of the molecule is COc1ccc(N(CCCN)S(=O)(=O)CC(C)C)cc1. The quantitative estimate of drug-likeness (QED) is 0.795. The minimum Gasteiger partial charge on any atom is -0.497 e. The molecule has 0 spiro atoms. The Labute approximate surface area is 121 Å². The summed E-state index contributed by atoms with van der Waals surface area (Å²) in [6, 6.07) is 7.03. The Hall–Kier alpha value is -1.27. The first kappa shape index (κ1) is 16.8. The van der Waals surface area contributed by atoms with E-state index in [1.165, 1.54) is 4.31 Å². The van der Waals surface area contributed by atoms with Gasteiger partial charge in [-0.05, 0) is 43.1 Å². The van der Waals surface area contributed by atoms with Gasteiger partial charge in [-0.2, -0.15) is 0 Å². The maximum Gasteiger partial charge on any atom is 0.235 e. The van der Waals surface area contributed by atoms with Crippen molar-refractivity contribution in [3.63, 3.8) is 0 Å². The van der Waals surface area contributed by atoms with Crippen molar-refractivity contribution >= 4 is 15.7 Å². The second-order valence-corrected chi connectivity index (χ2v) is 7.02. The van der Waals surface area contributed by atoms with Crippen molar-refractivity contribution in [3.8, 4) is 5.75 Å². The van der Waals surface area contributed by atoms with Gasteiger partial charge in [0.15, 0.2) is 0 Å². The van der Waals surface area contributed by atoms with Crippen LogP contribution in [0.3, 0.4) is 0 Å². The highest BCUT2D eigenvalue weighted by atomic mass is 32.2. The number of hydrogen-bond donors (Lipinski definition) is 1. The molecule has 0 atom stereocenters. The second-order valence-electron chi connectivity index (χ2n) is 5.08. The van der Waals surface area contributed by atoms with E-state index in [-0.39, 0.29) is 11.7 Å². The number of nitrogens with two attached hydrogens (primary N) is 1. The molecule has 0 aliphatic rings. The zero-order chi connectivity index (χ0) is 15.2. The second kappa shape index (κ2) is 7.50. The van der Waals surface area contributed by atoms with Crippen molar-refractivity contribution in [1.82, 2.24) is 0 Å². The predicted molar refractivity (Wildman–Crippen MR) is 82.6 cm³/mol. The molecule has 0 fully saturated rings. The first-order chi connectivity index (χ1) is 9.40. The highest BCUT2D eigenvalue weighted by molar-refractivity contribution is 7.92. The number of hydrogen-bond acceptors (Lipinski definition) is 4. The Morgan fingerprint density at radius 2 is 1.85 bits per heavy atom. The van der Waals surface area contributed by atoms with E-state index >= 15 is 0 Å². The Bertz CT molecular complexity index is 498. The third kappa shape index (κ3) is 4.68. The van der Waals surface area contributed by atoms with E-state index in [1.807, 2.05) is 13.8 Å². The average molecular weight is 300 g/mol. The molecule has 1 rings (SSSR count). The summed E-state index contributed by atoms with van der Waals surface area (Å²) in [5.41, 5.74) is 6.16. The maximum atomic E-state index is 12.5. The van der Waals surface area contributed by atoms with Crippen LogP contribution in [0, 0.1) is 5.92 Å². The fourth-order valence-electron chi connectivity index (χ4n) is 1.92. The summed E-state index contributed by atoms with van der Waals surface area (Å²) < 4.78 is 31.4. The van der Waals surface area contributed by atoms with Crippen LogP contribution in [0.25, 0.3) is 0 Å². The van der Waals surface area contributed by atoms with Crippen LogP contribution in [0.4, 0.5) is 5.69 Å². The normalized spacial score (nSPS) is 11.7. The van der Waals surface area contributed by atoms with Crippen LogP contribution in [0.2, 0.25) is 0 Å². The molecule has 0 heterocycles. The van der Waals surface area contributed by atoms with Gasteiger partial charge >= 0.3 is 0 Å². The summed E-state index contributed by atoms with van der Waals surface area (Å²) in [7, 11) is -1.75. The minimum atomic E-state index is -3.33. The monoisotopic (exact) mass is 300 g/mol. The van der Waals surface area contributed by atoms with Crippen molar-refractivity contribution in [2.45, 2.75) is 20.3 Å². The highest BCUT2D eigenvalue weighted by Gasteiger charge is 2.23. The number of rotatable bonds is 8. The third-order valence-corrected chi connectivity index (χ3v) is 4.96. The van der Waals surface area contributed by atoms with E-state index in [1.54, 1.807) is 31.4 Å². The summed E-state index contributed by atoms with van der Waals surface area (Å²) in [5.74, 6) is 0.913. The Morgan fingerprint density at radius 3 is 2.30 bits per heavy atom. The molecule has 0 unspecified atom stereocenters. The molecule has 0 amide bonds. The van der Waals surface area contributed by atoms with E-state index in [4.69, 9.17) is 10.5 Å².